The van der Waals surface area contributed by atoms with E-state index < -0.39 is 28.9 Å². The number of rotatable bonds is 4. The average molecular weight is 294 g/mol. The van der Waals surface area contributed by atoms with Crippen LogP contribution in [0.4, 0.5) is 8.78 Å². The van der Waals surface area contributed by atoms with Gasteiger partial charge in [-0.25, -0.2) is 8.78 Å². The van der Waals surface area contributed by atoms with Crippen LogP contribution in [0.1, 0.15) is 25.3 Å². The van der Waals surface area contributed by atoms with E-state index in [4.69, 9.17) is 5.11 Å². The fourth-order valence-corrected chi connectivity index (χ4v) is 4.17. The molecule has 4 atom stereocenters. The Morgan fingerprint density at radius 2 is 2.14 bits per heavy atom. The van der Waals surface area contributed by atoms with Crippen LogP contribution >= 0.6 is 0 Å². The normalized spacial score (nSPS) is 33.9. The summed E-state index contributed by atoms with van der Waals surface area (Å²) in [4.78, 5) is 23.7. The highest BCUT2D eigenvalue weighted by molar-refractivity contribution is 5.99. The van der Waals surface area contributed by atoms with E-state index >= 15 is 0 Å². The number of ketones is 1. The van der Waals surface area contributed by atoms with Gasteiger partial charge >= 0.3 is 5.97 Å². The van der Waals surface area contributed by atoms with E-state index in [0.29, 0.717) is 18.4 Å². The maximum atomic E-state index is 13.7. The minimum Gasteiger partial charge on any atom is -0.481 e. The Labute approximate surface area is 121 Å². The molecule has 0 saturated heterocycles. The Morgan fingerprint density at radius 1 is 1.43 bits per heavy atom. The Kier molecular flexibility index (Phi) is 3.11. The molecule has 112 valence electrons. The summed E-state index contributed by atoms with van der Waals surface area (Å²) in [5.74, 6) is -3.33. The van der Waals surface area contributed by atoms with Crippen molar-refractivity contribution in [3.05, 3.63) is 35.4 Å². The zero-order valence-corrected chi connectivity index (χ0v) is 11.6. The standard InChI is InChI=1S/C16H16F2O3/c1-2-16-11(13(16)15(20)21)6-9(14(16)19)5-8-3-4-10(17)7-12(8)18/h3-4,7,9,11,13H,2,5-6H2,1H3,(H,20,21). The van der Waals surface area contributed by atoms with Crippen LogP contribution in [0.15, 0.2) is 18.2 Å². The summed E-state index contributed by atoms with van der Waals surface area (Å²) in [6.45, 7) is 1.83. The third kappa shape index (κ3) is 1.90. The average Bonchev–Trinajstić information content (AvgIpc) is 3.00. The summed E-state index contributed by atoms with van der Waals surface area (Å²) in [6.07, 6.45) is 1.21. The molecule has 21 heavy (non-hydrogen) atoms. The Hall–Kier alpha value is -1.78. The molecule has 2 aliphatic rings. The van der Waals surface area contributed by atoms with Crippen molar-refractivity contribution in [2.24, 2.45) is 23.2 Å². The molecular formula is C16H16F2O3. The molecular weight excluding hydrogens is 278 g/mol. The van der Waals surface area contributed by atoms with Crippen molar-refractivity contribution < 1.29 is 23.5 Å². The largest absolute Gasteiger partial charge is 0.481 e. The molecule has 1 aromatic rings. The number of hydrogen-bond acceptors (Lipinski definition) is 2. The van der Waals surface area contributed by atoms with Gasteiger partial charge in [0, 0.05) is 17.4 Å². The Balaban J connectivity index is 1.79. The summed E-state index contributed by atoms with van der Waals surface area (Å²) < 4.78 is 26.6. The molecule has 5 heteroatoms. The van der Waals surface area contributed by atoms with Gasteiger partial charge in [0.1, 0.15) is 17.4 Å². The fraction of sp³-hybridized carbons (Fsp3) is 0.500. The second kappa shape index (κ2) is 4.61. The number of aliphatic carboxylic acids is 1. The van der Waals surface area contributed by atoms with Gasteiger partial charge in [-0.05, 0) is 36.8 Å². The Bertz CT molecular complexity index is 628. The van der Waals surface area contributed by atoms with Gasteiger partial charge < -0.3 is 5.11 Å². The monoisotopic (exact) mass is 294 g/mol. The first-order chi connectivity index (χ1) is 9.91. The third-order valence-corrected chi connectivity index (χ3v) is 5.21. The molecule has 0 heterocycles. The van der Waals surface area contributed by atoms with E-state index in [2.05, 4.69) is 0 Å². The van der Waals surface area contributed by atoms with E-state index in [9.17, 15) is 18.4 Å². The molecule has 2 saturated carbocycles. The summed E-state index contributed by atoms with van der Waals surface area (Å²) in [6, 6.07) is 3.34. The Morgan fingerprint density at radius 3 is 2.67 bits per heavy atom. The lowest BCUT2D eigenvalue weighted by molar-refractivity contribution is -0.142. The van der Waals surface area contributed by atoms with Crippen molar-refractivity contribution in [3.8, 4) is 0 Å². The van der Waals surface area contributed by atoms with E-state index in [1.165, 1.54) is 12.1 Å². The number of halogens is 2. The van der Waals surface area contributed by atoms with E-state index in [-0.39, 0.29) is 24.0 Å². The molecule has 0 amide bonds. The van der Waals surface area contributed by atoms with Crippen LogP contribution in [0, 0.1) is 34.8 Å². The van der Waals surface area contributed by atoms with Gasteiger partial charge in [-0.15, -0.1) is 0 Å². The van der Waals surface area contributed by atoms with E-state index in [1.54, 1.807) is 0 Å². The zero-order valence-electron chi connectivity index (χ0n) is 11.6. The summed E-state index contributed by atoms with van der Waals surface area (Å²) in [5, 5.41) is 9.17. The molecule has 3 rings (SSSR count). The topological polar surface area (TPSA) is 54.4 Å². The number of fused-ring (bicyclic) bond motifs is 1. The number of carbonyl (C=O) groups is 2. The zero-order chi connectivity index (χ0) is 15.4. The van der Waals surface area contributed by atoms with Crippen LogP contribution in [0.3, 0.4) is 0 Å². The van der Waals surface area contributed by atoms with Gasteiger partial charge in [-0.1, -0.05) is 13.0 Å². The van der Waals surface area contributed by atoms with Crippen LogP contribution in [-0.4, -0.2) is 16.9 Å². The van der Waals surface area contributed by atoms with Gasteiger partial charge in [-0.3, -0.25) is 9.59 Å². The minimum atomic E-state index is -0.915. The van der Waals surface area contributed by atoms with Crippen LogP contribution in [0.5, 0.6) is 0 Å². The first kappa shape index (κ1) is 14.2. The summed E-state index contributed by atoms with van der Waals surface area (Å²) >= 11 is 0. The van der Waals surface area contributed by atoms with Crippen molar-refractivity contribution in [3.63, 3.8) is 0 Å². The van der Waals surface area contributed by atoms with E-state index in [1.807, 2.05) is 6.92 Å². The molecule has 0 aromatic heterocycles. The second-order valence-corrected chi connectivity index (χ2v) is 6.05. The first-order valence-corrected chi connectivity index (χ1v) is 7.12. The molecule has 0 bridgehead atoms. The predicted octanol–water partition coefficient (Wildman–Crippen LogP) is 2.82. The van der Waals surface area contributed by atoms with Gasteiger partial charge in [0.05, 0.1) is 5.92 Å². The number of hydrogen-bond donors (Lipinski definition) is 1. The van der Waals surface area contributed by atoms with E-state index in [0.717, 1.165) is 6.07 Å². The molecule has 1 N–H and O–H groups in total. The smallest absolute Gasteiger partial charge is 0.307 e. The lowest BCUT2D eigenvalue weighted by atomic mass is 9.86. The second-order valence-electron chi connectivity index (χ2n) is 6.05. The first-order valence-electron chi connectivity index (χ1n) is 7.12. The van der Waals surface area contributed by atoms with Crippen LogP contribution in [0.2, 0.25) is 0 Å². The summed E-state index contributed by atoms with van der Waals surface area (Å²) in [5.41, 5.74) is -0.429. The molecule has 0 aliphatic heterocycles. The fourth-order valence-electron chi connectivity index (χ4n) is 4.17. The van der Waals surface area contributed by atoms with Crippen molar-refractivity contribution in [1.29, 1.82) is 0 Å². The highest BCUT2D eigenvalue weighted by Crippen LogP contribution is 2.69. The molecule has 3 nitrogen and oxygen atoms in total. The molecule has 0 spiro atoms. The molecule has 1 aromatic carbocycles. The van der Waals surface area contributed by atoms with Crippen molar-refractivity contribution in [1.82, 2.24) is 0 Å². The lowest BCUT2D eigenvalue weighted by Gasteiger charge is -2.17. The van der Waals surface area contributed by atoms with Crippen molar-refractivity contribution in [2.45, 2.75) is 26.2 Å². The SMILES string of the molecule is CCC12C(=O)C(Cc3ccc(F)cc3F)CC1C2C(=O)O. The number of benzene rings is 1. The van der Waals surface area contributed by atoms with Gasteiger partial charge in [0.15, 0.2) is 0 Å². The van der Waals surface area contributed by atoms with Crippen LogP contribution in [-0.2, 0) is 16.0 Å². The van der Waals surface area contributed by atoms with Crippen molar-refractivity contribution >= 4 is 11.8 Å². The number of Topliss-reactive ketones (excluding diaryl/α,β-unsaturated/α-hetero) is 1. The predicted molar refractivity (Wildman–Crippen MR) is 70.5 cm³/mol. The highest BCUT2D eigenvalue weighted by atomic mass is 19.1. The lowest BCUT2D eigenvalue weighted by Crippen LogP contribution is -2.26. The van der Waals surface area contributed by atoms with Gasteiger partial charge in [0.2, 0.25) is 0 Å². The third-order valence-electron chi connectivity index (χ3n) is 5.21. The maximum absolute atomic E-state index is 13.7. The number of carboxylic acid groups (broad SMARTS) is 1. The van der Waals surface area contributed by atoms with Crippen LogP contribution < -0.4 is 0 Å². The number of carboxylic acids is 1. The molecule has 4 unspecified atom stereocenters. The quantitative estimate of drug-likeness (QED) is 0.929. The highest BCUT2D eigenvalue weighted by Gasteiger charge is 2.75. The van der Waals surface area contributed by atoms with Gasteiger partial charge in [0.25, 0.3) is 0 Å². The molecule has 2 aliphatic carbocycles. The number of carbonyl (C=O) groups excluding carboxylic acids is 1. The minimum absolute atomic E-state index is 0.0638. The molecule has 0 radical (unpaired) electrons. The maximum Gasteiger partial charge on any atom is 0.307 e. The summed E-state index contributed by atoms with van der Waals surface area (Å²) in [7, 11) is 0. The van der Waals surface area contributed by atoms with Crippen molar-refractivity contribution in [2.75, 3.05) is 0 Å². The van der Waals surface area contributed by atoms with Crippen LogP contribution in [0.25, 0.3) is 0 Å². The molecule has 2 fully saturated rings. The van der Waals surface area contributed by atoms with Gasteiger partial charge in [-0.2, -0.15) is 0 Å².